The summed E-state index contributed by atoms with van der Waals surface area (Å²) in [6.45, 7) is 13.0. The predicted molar refractivity (Wildman–Crippen MR) is 348 cm³/mol. The first-order chi connectivity index (χ1) is 43.3. The molecule has 0 aliphatic heterocycles. The average Bonchev–Trinajstić information content (AvgIpc) is 2.69. The van der Waals surface area contributed by atoms with E-state index in [4.69, 9.17) is 31.8 Å². The van der Waals surface area contributed by atoms with Gasteiger partial charge in [0.1, 0.15) is 0 Å². The number of carboxylic acid groups (broad SMARTS) is 2. The van der Waals surface area contributed by atoms with Gasteiger partial charge in [0.25, 0.3) is 17.7 Å². The number of halogens is 5. The molecule has 27 heteroatoms. The quantitative estimate of drug-likeness (QED) is 0.0230. The number of alkyl halides is 3. The third-order valence-corrected chi connectivity index (χ3v) is 11.4. The van der Waals surface area contributed by atoms with Crippen molar-refractivity contribution in [2.24, 2.45) is 0 Å². The molecule has 0 bridgehead atoms. The molecule has 476 valence electrons. The van der Waals surface area contributed by atoms with E-state index in [1.165, 1.54) is 55.1 Å². The second kappa shape index (κ2) is 44.0. The van der Waals surface area contributed by atoms with Gasteiger partial charge in [-0.1, -0.05) is 65.7 Å². The average molecular weight is 1400 g/mol. The van der Waals surface area contributed by atoms with Gasteiger partial charge in [-0.05, 0) is 169 Å². The second-order valence-corrected chi connectivity index (χ2v) is 19.7. The Morgan fingerprint density at radius 1 is 0.543 bits per heavy atom. The molecule has 0 fully saturated rings. The van der Waals surface area contributed by atoms with Crippen LogP contribution in [0, 0.1) is 20.8 Å². The molecule has 3 amide bonds. The summed E-state index contributed by atoms with van der Waals surface area (Å²) >= 11 is 6.53. The number of nitrogens with one attached hydrogen (secondary N) is 4. The van der Waals surface area contributed by atoms with Gasteiger partial charge in [0.2, 0.25) is 0 Å². The Kier molecular flexibility index (Phi) is 38.5. The smallest absolute Gasteiger partial charge is 0.553 e. The van der Waals surface area contributed by atoms with Crippen molar-refractivity contribution in [3.8, 4) is 0 Å². The number of carbonyl (C=O) groups excluding carboxylic acids is 5. The number of hydrogen-bond donors (Lipinski definition) is 7. The summed E-state index contributed by atoms with van der Waals surface area (Å²) < 4.78 is 49.1. The molecule has 0 spiro atoms. The molecule has 0 saturated heterocycles. The first-order valence-electron chi connectivity index (χ1n) is 26.5. The SMILES string of the molecule is C=CC(=O)OCC.CCOC(=O)/C=C/c1cncc(NC(=O)c2cccc(C(F)(F)F)c2)c1.Cc1cccc(C(=O)Nc2cncc(/C=C/C(=O)O)c2)c1.Cc1cccc(C(=O)Nc2cncc(Br)c2)c1.Cc1cccc(C(=O)O)c1.Nc1cncc(Br)c1.[NH-]O.[Na+]. The normalized spacial score (nSPS) is 9.91. The van der Waals surface area contributed by atoms with Gasteiger partial charge in [-0.25, -0.2) is 19.2 Å². The first-order valence-corrected chi connectivity index (χ1v) is 28.1. The number of hydrogen-bond acceptors (Lipinski definition) is 15. The summed E-state index contributed by atoms with van der Waals surface area (Å²) in [5.74, 6) is 0.888. The Labute approximate surface area is 567 Å². The largest absolute Gasteiger partial charge is 1.00 e. The van der Waals surface area contributed by atoms with Crippen LogP contribution in [0.5, 0.6) is 0 Å². The minimum absolute atomic E-state index is 0. The fraction of sp³-hybridized carbons (Fsp3) is 0.123. The molecular formula is C65H63Br2F3N9NaO12. The number of rotatable bonds is 14. The molecule has 0 unspecified atom stereocenters. The standard InChI is InChI=1S/C18H15F3N2O3.C16H14N2O3.C13H11BrN2O.C8H8O2.C5H5BrN2.C5H8O2.H2NO.Na/c1-2-26-16(24)7-6-12-8-15(11-22-10-12)23-17(25)13-4-3-5-14(9-13)18(19,20)21;1-11-3-2-4-13(7-11)16(21)18-14-8-12(9-17-10-14)5-6-15(19)20;1-9-3-2-4-10(5-9)13(17)16-12-6-11(14)7-15-8-12;1-6-3-2-4-7(5-6)8(9)10;6-4-1-5(7)3-8-2-4;1-3-5(6)7-4-2;1-2;/h3-11H,2H2,1H3,(H,23,25);2-10H,1H3,(H,18,21)(H,19,20);2-8H,1H3,(H,16,17);2-5H,1H3,(H,9,10);1-3H,7H2;3H,1,4H2,2H3;1-2H;/q;;;;;;-1;+1/b7-6+;6-5+;;;;;;. The Morgan fingerprint density at radius 3 is 1.28 bits per heavy atom. The Hall–Kier alpha value is -9.54. The zero-order valence-electron chi connectivity index (χ0n) is 50.4. The van der Waals surface area contributed by atoms with Crippen LogP contribution in [0.2, 0.25) is 0 Å². The molecule has 4 aromatic carbocycles. The molecular weight excluding hydrogens is 1340 g/mol. The Bertz CT molecular complexity index is 3770. The Morgan fingerprint density at radius 2 is 0.924 bits per heavy atom. The zero-order valence-corrected chi connectivity index (χ0v) is 55.6. The zero-order chi connectivity index (χ0) is 67.9. The molecule has 92 heavy (non-hydrogen) atoms. The molecule has 8 rings (SSSR count). The van der Waals surface area contributed by atoms with Crippen molar-refractivity contribution in [2.45, 2.75) is 40.8 Å². The molecule has 8 aromatic rings. The molecule has 0 aliphatic carbocycles. The fourth-order valence-electron chi connectivity index (χ4n) is 6.66. The van der Waals surface area contributed by atoms with Gasteiger partial charge < -0.3 is 52.5 Å². The number of aryl methyl sites for hydroxylation is 3. The number of nitrogens with zero attached hydrogens (tertiary/aromatic N) is 4. The van der Waals surface area contributed by atoms with Gasteiger partial charge in [0, 0.05) is 74.8 Å². The summed E-state index contributed by atoms with van der Waals surface area (Å²) in [7, 11) is 0. The van der Waals surface area contributed by atoms with E-state index in [1.54, 1.807) is 93.2 Å². The van der Waals surface area contributed by atoms with E-state index in [-0.39, 0.29) is 65.2 Å². The number of pyridine rings is 4. The van der Waals surface area contributed by atoms with Crippen molar-refractivity contribution < 1.29 is 101 Å². The molecule has 4 aromatic heterocycles. The third-order valence-electron chi connectivity index (χ3n) is 10.6. The maximum Gasteiger partial charge on any atom is 1.00 e. The van der Waals surface area contributed by atoms with E-state index >= 15 is 0 Å². The monoisotopic (exact) mass is 1400 g/mol. The summed E-state index contributed by atoms with van der Waals surface area (Å²) in [6, 6.07) is 32.4. The van der Waals surface area contributed by atoms with Crippen molar-refractivity contribution in [1.29, 1.82) is 0 Å². The molecule has 0 radical (unpaired) electrons. The number of carboxylic acids is 2. The minimum atomic E-state index is -4.53. The summed E-state index contributed by atoms with van der Waals surface area (Å²) in [4.78, 5) is 94.0. The van der Waals surface area contributed by atoms with Crippen LogP contribution in [0.4, 0.5) is 35.9 Å². The van der Waals surface area contributed by atoms with Crippen LogP contribution >= 0.6 is 31.9 Å². The van der Waals surface area contributed by atoms with Crippen LogP contribution in [0.25, 0.3) is 18.0 Å². The van der Waals surface area contributed by atoms with Crippen molar-refractivity contribution in [1.82, 2.24) is 19.9 Å². The van der Waals surface area contributed by atoms with Crippen LogP contribution in [-0.2, 0) is 30.0 Å². The number of ether oxygens (including phenoxy) is 2. The fourth-order valence-corrected chi connectivity index (χ4v) is 7.41. The van der Waals surface area contributed by atoms with Gasteiger partial charge in [0.15, 0.2) is 0 Å². The predicted octanol–water partition coefficient (Wildman–Crippen LogP) is 11.4. The van der Waals surface area contributed by atoms with Crippen molar-refractivity contribution >= 4 is 108 Å². The van der Waals surface area contributed by atoms with E-state index in [2.05, 4.69) is 79.1 Å². The number of amides is 3. The second-order valence-electron chi connectivity index (χ2n) is 17.9. The van der Waals surface area contributed by atoms with Gasteiger partial charge in [-0.2, -0.15) is 13.2 Å². The number of aromatic nitrogens is 4. The first kappa shape index (κ1) is 80.5. The molecule has 4 heterocycles. The van der Waals surface area contributed by atoms with E-state index in [9.17, 15) is 46.7 Å². The molecule has 21 nitrogen and oxygen atoms in total. The van der Waals surface area contributed by atoms with Crippen molar-refractivity contribution in [3.63, 3.8) is 0 Å². The van der Waals surface area contributed by atoms with Gasteiger partial charge >= 0.3 is 59.6 Å². The van der Waals surface area contributed by atoms with Crippen molar-refractivity contribution in [2.75, 3.05) is 34.9 Å². The summed E-state index contributed by atoms with van der Waals surface area (Å²) in [5, 5.41) is 31.3. The third kappa shape index (κ3) is 33.9. The molecule has 0 atom stereocenters. The van der Waals surface area contributed by atoms with Gasteiger partial charge in [-0.3, -0.25) is 34.3 Å². The Balaban J connectivity index is 0.000000579. The number of nitrogens with two attached hydrogens (primary N) is 1. The molecule has 0 aliphatic rings. The summed E-state index contributed by atoms with van der Waals surface area (Å²) in [6.07, 6.45) is 14.1. The molecule has 9 N–H and O–H groups in total. The summed E-state index contributed by atoms with van der Waals surface area (Å²) in [5.41, 5.74) is 12.2. The maximum absolute atomic E-state index is 12.7. The van der Waals surface area contributed by atoms with Crippen LogP contribution in [0.15, 0.2) is 205 Å². The van der Waals surface area contributed by atoms with E-state index < -0.39 is 35.6 Å². The van der Waals surface area contributed by atoms with Gasteiger partial charge in [0.05, 0.1) is 65.7 Å². The van der Waals surface area contributed by atoms with Gasteiger partial charge in [-0.15, -0.1) is 0 Å². The number of anilines is 4. The number of nitrogen functional groups attached to an aromatic ring is 1. The van der Waals surface area contributed by atoms with Crippen LogP contribution in [-0.4, -0.2) is 90.2 Å². The van der Waals surface area contributed by atoms with Crippen LogP contribution < -0.4 is 51.2 Å². The number of benzene rings is 4. The van der Waals surface area contributed by atoms with Crippen molar-refractivity contribution in [3.05, 3.63) is 266 Å². The maximum atomic E-state index is 12.7. The number of esters is 2. The minimum Gasteiger partial charge on any atom is -0.553 e. The number of aromatic carboxylic acids is 1. The van der Waals surface area contributed by atoms with Crippen LogP contribution in [0.1, 0.15) is 88.7 Å². The van der Waals surface area contributed by atoms with E-state index in [0.29, 0.717) is 51.5 Å². The van der Waals surface area contributed by atoms with E-state index in [1.807, 2.05) is 57.2 Å². The van der Waals surface area contributed by atoms with E-state index in [0.717, 1.165) is 56.0 Å². The number of aliphatic carboxylic acids is 1. The molecule has 0 saturated carbocycles. The van der Waals surface area contributed by atoms with Crippen LogP contribution in [0.3, 0.4) is 0 Å². The topological polar surface area (TPSA) is 336 Å². The number of carbonyl (C=O) groups is 7.